The first kappa shape index (κ1) is 15.8. The maximum absolute atomic E-state index is 12.9. The van der Waals surface area contributed by atoms with Gasteiger partial charge in [0.05, 0.1) is 17.1 Å². The highest BCUT2D eigenvalue weighted by Crippen LogP contribution is 2.33. The number of nitrogen functional groups attached to an aromatic ring is 1. The van der Waals surface area contributed by atoms with E-state index in [-0.39, 0.29) is 29.7 Å². The smallest absolute Gasteiger partial charge is 0.352 e. The molecule has 1 aliphatic rings. The third-order valence-corrected chi connectivity index (χ3v) is 5.05. The molecule has 118 valence electrons. The normalized spacial score (nSPS) is 22.1. The molecule has 0 spiro atoms. The summed E-state index contributed by atoms with van der Waals surface area (Å²) in [5.41, 5.74) is 1.21. The molecule has 1 saturated heterocycles. The lowest BCUT2D eigenvalue weighted by atomic mass is 10.2. The number of pyridine rings is 1. The number of nitrogens with one attached hydrogen (secondary N) is 1. The van der Waals surface area contributed by atoms with Gasteiger partial charge in [0, 0.05) is 12.6 Å². The Morgan fingerprint density at radius 3 is 2.62 bits per heavy atom. The number of nitrogens with two attached hydrogens (primary N) is 1. The van der Waals surface area contributed by atoms with Crippen molar-refractivity contribution < 1.29 is 21.6 Å². The first-order valence-corrected chi connectivity index (χ1v) is 7.97. The van der Waals surface area contributed by atoms with Gasteiger partial charge in [0.25, 0.3) is 0 Å². The summed E-state index contributed by atoms with van der Waals surface area (Å²) in [4.78, 5) is 5.52. The molecule has 0 bridgehead atoms. The maximum Gasteiger partial charge on any atom is 0.416 e. The fourth-order valence-electron chi connectivity index (χ4n) is 2.24. The van der Waals surface area contributed by atoms with Crippen molar-refractivity contribution in [2.45, 2.75) is 19.1 Å². The number of nitrogens with zero attached hydrogens (tertiary/aromatic N) is 2. The van der Waals surface area contributed by atoms with Gasteiger partial charge in [0.2, 0.25) is 0 Å². The fraction of sp³-hybridized carbons (Fsp3) is 0.545. The average molecular weight is 324 g/mol. The average Bonchev–Trinajstić information content (AvgIpc) is 2.36. The number of aromatic nitrogens is 1. The standard InChI is InChI=1S/C11H15F3N4O2S/c1-7-6-21(19,20)3-2-18(7)10-5-8(11(12,13)14)4-9(16-10)17-15/h4-5,7H,2-3,6,15H2,1H3,(H,16,17). The largest absolute Gasteiger partial charge is 0.416 e. The third kappa shape index (κ3) is 3.56. The van der Waals surface area contributed by atoms with Gasteiger partial charge in [0.1, 0.15) is 11.6 Å². The van der Waals surface area contributed by atoms with Crippen LogP contribution in [-0.4, -0.2) is 37.5 Å². The van der Waals surface area contributed by atoms with Crippen LogP contribution in [0.4, 0.5) is 24.8 Å². The van der Waals surface area contributed by atoms with Crippen molar-refractivity contribution in [3.8, 4) is 0 Å². The SMILES string of the molecule is CC1CS(=O)(=O)CCN1c1cc(C(F)(F)F)cc(NN)n1. The number of rotatable bonds is 2. The van der Waals surface area contributed by atoms with Gasteiger partial charge in [-0.3, -0.25) is 0 Å². The van der Waals surface area contributed by atoms with Gasteiger partial charge >= 0.3 is 6.18 Å². The van der Waals surface area contributed by atoms with Gasteiger partial charge in [-0.1, -0.05) is 0 Å². The van der Waals surface area contributed by atoms with Crippen molar-refractivity contribution in [1.82, 2.24) is 4.98 Å². The predicted molar refractivity (Wildman–Crippen MR) is 72.5 cm³/mol. The Hall–Kier alpha value is -1.55. The first-order valence-electron chi connectivity index (χ1n) is 6.15. The topological polar surface area (TPSA) is 88.3 Å². The molecule has 6 nitrogen and oxygen atoms in total. The van der Waals surface area contributed by atoms with E-state index in [1.165, 1.54) is 4.90 Å². The lowest BCUT2D eigenvalue weighted by Gasteiger charge is -2.34. The minimum absolute atomic E-state index is 0.0557. The second-order valence-corrected chi connectivity index (χ2v) is 7.13. The highest BCUT2D eigenvalue weighted by atomic mass is 32.2. The van der Waals surface area contributed by atoms with Crippen LogP contribution in [0.3, 0.4) is 0 Å². The molecule has 1 aliphatic heterocycles. The molecule has 2 heterocycles. The monoisotopic (exact) mass is 324 g/mol. The Labute approximate surface area is 120 Å². The molecule has 1 unspecified atom stereocenters. The van der Waals surface area contributed by atoms with E-state index < -0.39 is 27.6 Å². The highest BCUT2D eigenvalue weighted by molar-refractivity contribution is 7.91. The summed E-state index contributed by atoms with van der Waals surface area (Å²) in [7, 11) is -3.16. The zero-order valence-electron chi connectivity index (χ0n) is 11.2. The number of anilines is 2. The molecule has 1 aromatic rings. The van der Waals surface area contributed by atoms with Crippen molar-refractivity contribution >= 4 is 21.5 Å². The van der Waals surface area contributed by atoms with Gasteiger partial charge < -0.3 is 10.3 Å². The van der Waals surface area contributed by atoms with Crippen molar-refractivity contribution in [2.24, 2.45) is 5.84 Å². The van der Waals surface area contributed by atoms with Crippen LogP contribution in [0.15, 0.2) is 12.1 Å². The molecule has 1 aromatic heterocycles. The van der Waals surface area contributed by atoms with Crippen molar-refractivity contribution in [2.75, 3.05) is 28.4 Å². The minimum Gasteiger partial charge on any atom is -0.352 e. The zero-order valence-corrected chi connectivity index (χ0v) is 12.0. The van der Waals surface area contributed by atoms with Crippen molar-refractivity contribution in [3.05, 3.63) is 17.7 Å². The van der Waals surface area contributed by atoms with E-state index in [0.29, 0.717) is 0 Å². The van der Waals surface area contributed by atoms with E-state index in [1.807, 2.05) is 0 Å². The number of hydrogen-bond donors (Lipinski definition) is 2. The number of halogens is 3. The fourth-order valence-corrected chi connectivity index (χ4v) is 3.80. The van der Waals surface area contributed by atoms with Gasteiger partial charge in [-0.2, -0.15) is 13.2 Å². The van der Waals surface area contributed by atoms with Crippen LogP contribution in [0.5, 0.6) is 0 Å². The summed E-state index contributed by atoms with van der Waals surface area (Å²) in [6.45, 7) is 1.73. The first-order chi connectivity index (χ1) is 9.62. The quantitative estimate of drug-likeness (QED) is 0.623. The molecule has 0 radical (unpaired) electrons. The van der Waals surface area contributed by atoms with Crippen molar-refractivity contribution in [1.29, 1.82) is 0 Å². The van der Waals surface area contributed by atoms with Crippen molar-refractivity contribution in [3.63, 3.8) is 0 Å². The minimum atomic E-state index is -4.53. The molecule has 0 saturated carbocycles. The van der Waals surface area contributed by atoms with Gasteiger partial charge in [0.15, 0.2) is 9.84 Å². The van der Waals surface area contributed by atoms with E-state index in [4.69, 9.17) is 5.84 Å². The Bertz CT molecular complexity index is 633. The van der Waals surface area contributed by atoms with Crippen LogP contribution in [0, 0.1) is 0 Å². The van der Waals surface area contributed by atoms with Gasteiger partial charge in [-0.15, -0.1) is 0 Å². The molecule has 1 fully saturated rings. The van der Waals surface area contributed by atoms with E-state index in [0.717, 1.165) is 12.1 Å². The number of alkyl halides is 3. The highest BCUT2D eigenvalue weighted by Gasteiger charge is 2.34. The molecule has 3 N–H and O–H groups in total. The summed E-state index contributed by atoms with van der Waals surface area (Å²) in [6.07, 6.45) is -4.53. The van der Waals surface area contributed by atoms with Crippen LogP contribution in [0.25, 0.3) is 0 Å². The molecule has 0 amide bonds. The van der Waals surface area contributed by atoms with Crippen LogP contribution in [-0.2, 0) is 16.0 Å². The Kier molecular flexibility index (Phi) is 4.02. The molecule has 10 heteroatoms. The van der Waals surface area contributed by atoms with Crippen LogP contribution in [0.2, 0.25) is 0 Å². The van der Waals surface area contributed by atoms with Crippen LogP contribution in [0.1, 0.15) is 12.5 Å². The summed E-state index contributed by atoms with van der Waals surface area (Å²) < 4.78 is 61.6. The lowest BCUT2D eigenvalue weighted by molar-refractivity contribution is -0.137. The summed E-state index contributed by atoms with van der Waals surface area (Å²) in [5, 5.41) is 0. The summed E-state index contributed by atoms with van der Waals surface area (Å²) >= 11 is 0. The molecule has 2 rings (SSSR count). The van der Waals surface area contributed by atoms with E-state index in [9.17, 15) is 21.6 Å². The molecule has 0 aliphatic carbocycles. The van der Waals surface area contributed by atoms with Gasteiger partial charge in [-0.05, 0) is 19.1 Å². The van der Waals surface area contributed by atoms with E-state index >= 15 is 0 Å². The zero-order chi connectivity index (χ0) is 15.8. The van der Waals surface area contributed by atoms with Gasteiger partial charge in [-0.25, -0.2) is 19.2 Å². The second-order valence-electron chi connectivity index (χ2n) is 4.90. The summed E-state index contributed by atoms with van der Waals surface area (Å²) in [5.74, 6) is 4.85. The van der Waals surface area contributed by atoms with Crippen LogP contribution >= 0.6 is 0 Å². The van der Waals surface area contributed by atoms with E-state index in [1.54, 1.807) is 6.92 Å². The molecular formula is C11H15F3N4O2S. The molecule has 21 heavy (non-hydrogen) atoms. The molecule has 0 aromatic carbocycles. The maximum atomic E-state index is 12.9. The number of hydrogen-bond acceptors (Lipinski definition) is 6. The number of sulfone groups is 1. The van der Waals surface area contributed by atoms with E-state index in [2.05, 4.69) is 10.4 Å². The van der Waals surface area contributed by atoms with Crippen LogP contribution < -0.4 is 16.2 Å². The summed E-state index contributed by atoms with van der Waals surface area (Å²) in [6, 6.07) is 1.25. The predicted octanol–water partition coefficient (Wildman–Crippen LogP) is 1.01. The Balaban J connectivity index is 2.40. The Morgan fingerprint density at radius 2 is 2.10 bits per heavy atom. The molecule has 1 atom stereocenters. The number of hydrazine groups is 1. The second kappa shape index (κ2) is 5.34. The third-order valence-electron chi connectivity index (χ3n) is 3.25. The Morgan fingerprint density at radius 1 is 1.43 bits per heavy atom. The molecular weight excluding hydrogens is 309 g/mol. The lowest BCUT2D eigenvalue weighted by Crippen LogP contribution is -2.47.